The molecule has 12 heteroatoms. The molecule has 3 heterocycles. The number of alkyl halides is 2. The summed E-state index contributed by atoms with van der Waals surface area (Å²) in [7, 11) is -4.62. The van der Waals surface area contributed by atoms with Gasteiger partial charge in [0.2, 0.25) is 0 Å². The van der Waals surface area contributed by atoms with Gasteiger partial charge in [-0.2, -0.15) is 0 Å². The first-order valence-electron chi connectivity index (χ1n) is 9.00. The SMILES string of the molecule is CC1=NOC(c2c(Cl)ccc(C3=C(O)c4ncccc4N(CC(F)F)S3(=O)=O)c2Cl)C1. The van der Waals surface area contributed by atoms with Crippen LogP contribution in [0.25, 0.3) is 10.7 Å². The maximum atomic E-state index is 13.3. The maximum Gasteiger partial charge on any atom is 0.269 e. The maximum absolute atomic E-state index is 13.3. The molecule has 1 aromatic carbocycles. The molecule has 1 atom stereocenters. The summed E-state index contributed by atoms with van der Waals surface area (Å²) in [6, 6.07) is 5.37. The van der Waals surface area contributed by atoms with E-state index >= 15 is 0 Å². The third kappa shape index (κ3) is 3.62. The van der Waals surface area contributed by atoms with Crippen molar-refractivity contribution in [1.82, 2.24) is 4.98 Å². The van der Waals surface area contributed by atoms with Gasteiger partial charge in [-0.05, 0) is 25.1 Å². The van der Waals surface area contributed by atoms with Crippen LogP contribution in [-0.2, 0) is 14.9 Å². The summed E-state index contributed by atoms with van der Waals surface area (Å²) in [5.41, 5.74) is 0.553. The fourth-order valence-electron chi connectivity index (χ4n) is 3.53. The quantitative estimate of drug-likeness (QED) is 0.650. The molecule has 0 bridgehead atoms. The molecular formula is C19H15Cl2F2N3O4S. The van der Waals surface area contributed by atoms with Crippen molar-refractivity contribution < 1.29 is 27.1 Å². The molecule has 7 nitrogen and oxygen atoms in total. The molecule has 0 fully saturated rings. The van der Waals surface area contributed by atoms with Gasteiger partial charge in [0.1, 0.15) is 10.6 Å². The van der Waals surface area contributed by atoms with E-state index in [2.05, 4.69) is 10.1 Å². The number of aliphatic hydroxyl groups excluding tert-OH is 1. The number of fused-ring (bicyclic) bond motifs is 1. The van der Waals surface area contributed by atoms with Crippen LogP contribution in [0.15, 0.2) is 35.6 Å². The van der Waals surface area contributed by atoms with Crippen LogP contribution in [0.1, 0.15) is 36.3 Å². The van der Waals surface area contributed by atoms with E-state index in [-0.39, 0.29) is 32.6 Å². The van der Waals surface area contributed by atoms with Gasteiger partial charge in [0.25, 0.3) is 16.4 Å². The van der Waals surface area contributed by atoms with Crippen LogP contribution in [0.2, 0.25) is 10.0 Å². The highest BCUT2D eigenvalue weighted by atomic mass is 35.5. The summed E-state index contributed by atoms with van der Waals surface area (Å²) < 4.78 is 53.7. The molecule has 4 rings (SSSR count). The predicted molar refractivity (Wildman–Crippen MR) is 114 cm³/mol. The Kier molecular flexibility index (Phi) is 5.57. The lowest BCUT2D eigenvalue weighted by Gasteiger charge is -2.31. The number of aromatic nitrogens is 1. The normalized spacial score (nSPS) is 20.0. The van der Waals surface area contributed by atoms with E-state index in [0.29, 0.717) is 16.4 Å². The molecule has 0 amide bonds. The number of pyridine rings is 1. The number of rotatable bonds is 4. The Morgan fingerprint density at radius 1 is 1.32 bits per heavy atom. The Labute approximate surface area is 186 Å². The van der Waals surface area contributed by atoms with Gasteiger partial charge in [-0.25, -0.2) is 17.2 Å². The van der Waals surface area contributed by atoms with Gasteiger partial charge in [0.15, 0.2) is 11.9 Å². The van der Waals surface area contributed by atoms with Crippen molar-refractivity contribution in [2.45, 2.75) is 25.9 Å². The Morgan fingerprint density at radius 2 is 2.06 bits per heavy atom. The zero-order valence-corrected chi connectivity index (χ0v) is 18.2. The fraction of sp³-hybridized carbons (Fsp3) is 0.263. The van der Waals surface area contributed by atoms with Gasteiger partial charge in [-0.1, -0.05) is 34.4 Å². The first-order chi connectivity index (χ1) is 14.6. The van der Waals surface area contributed by atoms with E-state index in [1.165, 1.54) is 30.5 Å². The average molecular weight is 490 g/mol. The Bertz CT molecular complexity index is 1230. The van der Waals surface area contributed by atoms with Crippen LogP contribution in [0.5, 0.6) is 0 Å². The minimum absolute atomic E-state index is 0.0936. The molecule has 0 aliphatic carbocycles. The minimum atomic E-state index is -4.62. The number of anilines is 1. The van der Waals surface area contributed by atoms with Gasteiger partial charge < -0.3 is 9.94 Å². The summed E-state index contributed by atoms with van der Waals surface area (Å²) in [5.74, 6) is -0.698. The van der Waals surface area contributed by atoms with Crippen LogP contribution in [0, 0.1) is 0 Å². The first kappa shape index (κ1) is 21.8. The van der Waals surface area contributed by atoms with E-state index < -0.39 is 39.8 Å². The van der Waals surface area contributed by atoms with Crippen molar-refractivity contribution in [1.29, 1.82) is 0 Å². The van der Waals surface area contributed by atoms with E-state index in [0.717, 1.165) is 0 Å². The summed E-state index contributed by atoms with van der Waals surface area (Å²) in [4.78, 5) is 8.68. The summed E-state index contributed by atoms with van der Waals surface area (Å²) in [6.45, 7) is 0.630. The summed E-state index contributed by atoms with van der Waals surface area (Å²) in [6.07, 6.45) is -1.93. The lowest BCUT2D eigenvalue weighted by molar-refractivity contribution is 0.0858. The van der Waals surface area contributed by atoms with Crippen LogP contribution in [-0.4, -0.2) is 37.2 Å². The van der Waals surface area contributed by atoms with E-state index in [1.54, 1.807) is 6.92 Å². The number of hydrogen-bond donors (Lipinski definition) is 1. The number of nitrogens with zero attached hydrogens (tertiary/aromatic N) is 3. The molecule has 1 unspecified atom stereocenters. The summed E-state index contributed by atoms with van der Waals surface area (Å²) >= 11 is 12.8. The largest absolute Gasteiger partial charge is 0.504 e. The monoisotopic (exact) mass is 489 g/mol. The van der Waals surface area contributed by atoms with E-state index in [1.807, 2.05) is 0 Å². The molecule has 1 N–H and O–H groups in total. The molecular weight excluding hydrogens is 475 g/mol. The average Bonchev–Trinajstić information content (AvgIpc) is 3.12. The topological polar surface area (TPSA) is 92.1 Å². The second-order valence-electron chi connectivity index (χ2n) is 6.92. The number of aliphatic hydroxyl groups is 1. The molecule has 2 aliphatic rings. The van der Waals surface area contributed by atoms with Gasteiger partial charge in [0, 0.05) is 28.8 Å². The van der Waals surface area contributed by atoms with Crippen molar-refractivity contribution in [3.8, 4) is 0 Å². The van der Waals surface area contributed by atoms with Gasteiger partial charge in [0.05, 0.1) is 23.0 Å². The van der Waals surface area contributed by atoms with Crippen molar-refractivity contribution in [3.63, 3.8) is 0 Å². The van der Waals surface area contributed by atoms with Gasteiger partial charge in [-0.3, -0.25) is 9.29 Å². The molecule has 0 spiro atoms. The Balaban J connectivity index is 1.95. The lowest BCUT2D eigenvalue weighted by atomic mass is 10.0. The highest BCUT2D eigenvalue weighted by molar-refractivity contribution is 8.02. The first-order valence-corrected chi connectivity index (χ1v) is 11.2. The molecule has 0 radical (unpaired) electrons. The highest BCUT2D eigenvalue weighted by Crippen LogP contribution is 2.47. The number of oxime groups is 1. The number of hydrogen-bond acceptors (Lipinski definition) is 6. The lowest BCUT2D eigenvalue weighted by Crippen LogP contribution is -2.39. The van der Waals surface area contributed by atoms with Crippen molar-refractivity contribution in [2.24, 2.45) is 5.16 Å². The molecule has 0 saturated heterocycles. The Morgan fingerprint density at radius 3 is 2.71 bits per heavy atom. The summed E-state index contributed by atoms with van der Waals surface area (Å²) in [5, 5.41) is 14.8. The smallest absolute Gasteiger partial charge is 0.269 e. The molecule has 2 aliphatic heterocycles. The molecule has 31 heavy (non-hydrogen) atoms. The standard InChI is InChI=1S/C19H15Cl2F2N3O4S/c1-9-7-13(30-25-9)15-11(20)5-4-10(16(15)21)19-18(27)17-12(3-2-6-24-17)26(8-14(22)23)31(19,28)29/h2-6,13-14,27H,7-8H2,1H3. The van der Waals surface area contributed by atoms with Crippen LogP contribution < -0.4 is 4.31 Å². The third-order valence-corrected chi connectivity index (χ3v) is 7.45. The third-order valence-electron chi connectivity index (χ3n) is 4.86. The Hall–Kier alpha value is -2.43. The van der Waals surface area contributed by atoms with E-state index in [9.17, 15) is 22.3 Å². The van der Waals surface area contributed by atoms with Crippen molar-refractivity contribution in [2.75, 3.05) is 10.8 Å². The number of halogens is 4. The zero-order valence-electron chi connectivity index (χ0n) is 15.9. The number of benzene rings is 1. The van der Waals surface area contributed by atoms with Crippen molar-refractivity contribution in [3.05, 3.63) is 57.3 Å². The second-order valence-corrected chi connectivity index (χ2v) is 9.51. The highest BCUT2D eigenvalue weighted by Gasteiger charge is 2.42. The molecule has 164 valence electrons. The fourth-order valence-corrected chi connectivity index (χ4v) is 6.02. The van der Waals surface area contributed by atoms with Crippen LogP contribution in [0.4, 0.5) is 14.5 Å². The molecule has 0 saturated carbocycles. The number of sulfonamides is 1. The van der Waals surface area contributed by atoms with Crippen molar-refractivity contribution >= 4 is 55.3 Å². The predicted octanol–water partition coefficient (Wildman–Crippen LogP) is 5.02. The molecule has 1 aromatic heterocycles. The van der Waals surface area contributed by atoms with Gasteiger partial charge >= 0.3 is 0 Å². The second kappa shape index (κ2) is 7.92. The van der Waals surface area contributed by atoms with Crippen LogP contribution >= 0.6 is 23.2 Å². The minimum Gasteiger partial charge on any atom is -0.504 e. The zero-order chi connectivity index (χ0) is 22.5. The molecule has 2 aromatic rings. The van der Waals surface area contributed by atoms with Crippen LogP contribution in [0.3, 0.4) is 0 Å². The van der Waals surface area contributed by atoms with Gasteiger partial charge in [-0.15, -0.1) is 0 Å². The van der Waals surface area contributed by atoms with E-state index in [4.69, 9.17) is 28.0 Å².